The minimum Gasteiger partial charge on any atom is -0.503 e. The molecule has 0 aromatic heterocycles. The van der Waals surface area contributed by atoms with Crippen molar-refractivity contribution in [2.45, 2.75) is 31.6 Å². The molecular formula is C24H21BrN2O3. The van der Waals surface area contributed by atoms with Gasteiger partial charge in [-0.25, -0.2) is 0 Å². The van der Waals surface area contributed by atoms with E-state index >= 15 is 0 Å². The number of hydrogen-bond acceptors (Lipinski definition) is 5. The van der Waals surface area contributed by atoms with Crippen molar-refractivity contribution < 1.29 is 14.6 Å². The zero-order valence-corrected chi connectivity index (χ0v) is 18.3. The minimum atomic E-state index is -0.554. The van der Waals surface area contributed by atoms with Crippen LogP contribution in [0.5, 0.6) is 11.5 Å². The number of phenolic OH excluding ortho intramolecular Hbond substituents is 1. The average Bonchev–Trinajstić information content (AvgIpc) is 2.75. The van der Waals surface area contributed by atoms with Gasteiger partial charge in [-0.05, 0) is 58.5 Å². The first-order valence-electron chi connectivity index (χ1n) is 9.77. The van der Waals surface area contributed by atoms with Crippen LogP contribution < -0.4 is 4.74 Å². The van der Waals surface area contributed by atoms with Crippen molar-refractivity contribution in [3.8, 4) is 17.6 Å². The van der Waals surface area contributed by atoms with Crippen molar-refractivity contribution in [2.24, 2.45) is 10.9 Å². The maximum atomic E-state index is 13.3. The normalized spacial score (nSPS) is 23.5. The zero-order chi connectivity index (χ0) is 21.4. The van der Waals surface area contributed by atoms with Gasteiger partial charge in [-0.3, -0.25) is 9.79 Å². The number of halogens is 1. The van der Waals surface area contributed by atoms with Gasteiger partial charge in [-0.1, -0.05) is 30.3 Å². The number of ketones is 1. The number of nitrogens with zero attached hydrogens (tertiary/aromatic N) is 2. The number of nitriles is 1. The molecule has 5 nitrogen and oxygen atoms in total. The number of aliphatic imine (C=N–C) groups is 1. The van der Waals surface area contributed by atoms with E-state index in [1.807, 2.05) is 37.3 Å². The minimum absolute atomic E-state index is 0.00993. The van der Waals surface area contributed by atoms with Crippen molar-refractivity contribution in [3.05, 3.63) is 69.3 Å². The van der Waals surface area contributed by atoms with E-state index in [0.29, 0.717) is 34.3 Å². The monoisotopic (exact) mass is 464 g/mol. The summed E-state index contributed by atoms with van der Waals surface area (Å²) in [5.74, 6) is -0.614. The lowest BCUT2D eigenvalue weighted by Crippen LogP contribution is -2.32. The van der Waals surface area contributed by atoms with Gasteiger partial charge in [-0.15, -0.1) is 0 Å². The van der Waals surface area contributed by atoms with Crippen molar-refractivity contribution in [1.29, 1.82) is 5.26 Å². The van der Waals surface area contributed by atoms with Crippen LogP contribution in [0.4, 0.5) is 0 Å². The number of benzene rings is 2. The average molecular weight is 465 g/mol. The molecule has 0 amide bonds. The summed E-state index contributed by atoms with van der Waals surface area (Å²) in [5, 5.41) is 20.1. The molecule has 4 rings (SSSR count). The Morgan fingerprint density at radius 2 is 1.93 bits per heavy atom. The van der Waals surface area contributed by atoms with Crippen molar-refractivity contribution in [3.63, 3.8) is 0 Å². The van der Waals surface area contributed by atoms with Crippen LogP contribution in [0, 0.1) is 17.2 Å². The Bertz CT molecular complexity index is 1120. The summed E-state index contributed by atoms with van der Waals surface area (Å²) in [4.78, 5) is 18.0. The van der Waals surface area contributed by atoms with E-state index in [4.69, 9.17) is 9.73 Å². The summed E-state index contributed by atoms with van der Waals surface area (Å²) in [6, 6.07) is 15.8. The molecule has 0 radical (unpaired) electrons. The molecule has 0 saturated heterocycles. The predicted octanol–water partition coefficient (Wildman–Crippen LogP) is 5.26. The van der Waals surface area contributed by atoms with E-state index in [-0.39, 0.29) is 17.5 Å². The first-order valence-corrected chi connectivity index (χ1v) is 10.6. The Morgan fingerprint density at radius 1 is 1.20 bits per heavy atom. The van der Waals surface area contributed by atoms with Crippen molar-refractivity contribution in [1.82, 2.24) is 0 Å². The van der Waals surface area contributed by atoms with E-state index in [1.54, 1.807) is 12.1 Å². The van der Waals surface area contributed by atoms with Gasteiger partial charge in [0, 0.05) is 29.3 Å². The quantitative estimate of drug-likeness (QED) is 0.670. The lowest BCUT2D eigenvalue weighted by Gasteiger charge is -2.35. The number of carbonyl (C=O) groups excluding carboxylic acids is 1. The van der Waals surface area contributed by atoms with Gasteiger partial charge in [0.2, 0.25) is 0 Å². The molecule has 1 unspecified atom stereocenters. The summed E-state index contributed by atoms with van der Waals surface area (Å²) < 4.78 is 5.76. The van der Waals surface area contributed by atoms with Crippen LogP contribution >= 0.6 is 15.9 Å². The van der Waals surface area contributed by atoms with Crippen molar-refractivity contribution in [2.75, 3.05) is 7.11 Å². The Labute approximate surface area is 183 Å². The second-order valence-electron chi connectivity index (χ2n) is 7.69. The van der Waals surface area contributed by atoms with E-state index in [2.05, 4.69) is 22.0 Å². The highest BCUT2D eigenvalue weighted by atomic mass is 79.9. The van der Waals surface area contributed by atoms with Crippen LogP contribution in [-0.4, -0.2) is 23.7 Å². The number of rotatable bonds is 3. The lowest BCUT2D eigenvalue weighted by molar-refractivity contribution is -0.116. The Kier molecular flexibility index (Phi) is 5.48. The van der Waals surface area contributed by atoms with E-state index in [1.165, 1.54) is 7.11 Å². The third kappa shape index (κ3) is 3.44. The zero-order valence-electron chi connectivity index (χ0n) is 16.7. The number of phenols is 1. The molecule has 3 atom stereocenters. The molecular weight excluding hydrogens is 444 g/mol. The number of methoxy groups -OCH3 is 1. The second-order valence-corrected chi connectivity index (χ2v) is 8.54. The molecule has 1 N–H and O–H groups in total. The molecule has 2 aliphatic rings. The van der Waals surface area contributed by atoms with Gasteiger partial charge in [0.25, 0.3) is 0 Å². The summed E-state index contributed by atoms with van der Waals surface area (Å²) in [6.07, 6.45) is 1.05. The Balaban J connectivity index is 1.84. The number of aromatic hydroxyl groups is 1. The van der Waals surface area contributed by atoms with E-state index in [0.717, 1.165) is 16.8 Å². The molecule has 0 bridgehead atoms. The van der Waals surface area contributed by atoms with Crippen LogP contribution in [0.25, 0.3) is 0 Å². The fraction of sp³-hybridized carbons (Fsp3) is 0.292. The number of allylic oxidation sites excluding steroid dienone is 2. The Hall–Kier alpha value is -2.91. The molecule has 1 heterocycles. The standard InChI is InChI=1S/C24H21BrN2O3/c1-13-17(12-26)22(16-8-18(25)24(29)21(11-16)30-2)23-19(27-13)9-15(10-20(23)28)14-6-4-3-5-7-14/h3-8,11,15,17,22,29H,9-10H2,1-2H3/t15-,17?,22+/m1/s1. The van der Waals surface area contributed by atoms with E-state index in [9.17, 15) is 15.2 Å². The fourth-order valence-corrected chi connectivity index (χ4v) is 4.94. The second kappa shape index (κ2) is 8.08. The molecule has 30 heavy (non-hydrogen) atoms. The van der Waals surface area contributed by atoms with Crippen LogP contribution in [0.15, 0.2) is 63.2 Å². The summed E-state index contributed by atoms with van der Waals surface area (Å²) >= 11 is 3.36. The van der Waals surface area contributed by atoms with Gasteiger partial charge < -0.3 is 9.84 Å². The molecule has 1 aliphatic carbocycles. The van der Waals surface area contributed by atoms with Gasteiger partial charge in [-0.2, -0.15) is 5.26 Å². The number of hydrogen-bond donors (Lipinski definition) is 1. The molecule has 1 aliphatic heterocycles. The van der Waals surface area contributed by atoms with Gasteiger partial charge in [0.15, 0.2) is 17.3 Å². The number of Topliss-reactive ketones (excluding diaryl/α,β-unsaturated/α-hetero) is 1. The van der Waals surface area contributed by atoms with Crippen molar-refractivity contribution >= 4 is 27.4 Å². The van der Waals surface area contributed by atoms with Gasteiger partial charge >= 0.3 is 0 Å². The lowest BCUT2D eigenvalue weighted by atomic mass is 9.69. The van der Waals surface area contributed by atoms with Crippen LogP contribution in [0.3, 0.4) is 0 Å². The highest BCUT2D eigenvalue weighted by molar-refractivity contribution is 9.10. The molecule has 152 valence electrons. The van der Waals surface area contributed by atoms with Gasteiger partial charge in [0.05, 0.1) is 23.6 Å². The third-order valence-electron chi connectivity index (χ3n) is 5.93. The molecule has 2 aromatic carbocycles. The Morgan fingerprint density at radius 3 is 2.60 bits per heavy atom. The number of ether oxygens (including phenoxy) is 1. The summed E-state index contributed by atoms with van der Waals surface area (Å²) in [7, 11) is 1.47. The van der Waals surface area contributed by atoms with E-state index < -0.39 is 11.8 Å². The first-order chi connectivity index (χ1) is 14.4. The molecule has 0 fully saturated rings. The number of carbonyl (C=O) groups is 1. The molecule has 6 heteroatoms. The highest BCUT2D eigenvalue weighted by Gasteiger charge is 2.41. The maximum absolute atomic E-state index is 13.3. The smallest absolute Gasteiger partial charge is 0.172 e. The van der Waals surface area contributed by atoms with Crippen LogP contribution in [0.1, 0.15) is 42.7 Å². The molecule has 0 saturated carbocycles. The molecule has 0 spiro atoms. The maximum Gasteiger partial charge on any atom is 0.172 e. The largest absolute Gasteiger partial charge is 0.503 e. The van der Waals surface area contributed by atoms with Gasteiger partial charge in [0.1, 0.15) is 0 Å². The summed E-state index contributed by atoms with van der Waals surface area (Å²) in [5.41, 5.74) is 3.94. The predicted molar refractivity (Wildman–Crippen MR) is 118 cm³/mol. The topological polar surface area (TPSA) is 82.7 Å². The summed E-state index contributed by atoms with van der Waals surface area (Å²) in [6.45, 7) is 1.84. The highest BCUT2D eigenvalue weighted by Crippen LogP contribution is 2.48. The molecule has 2 aromatic rings. The first kappa shape index (κ1) is 20.4. The third-order valence-corrected chi connectivity index (χ3v) is 6.53. The van der Waals surface area contributed by atoms with Crippen LogP contribution in [-0.2, 0) is 4.79 Å². The SMILES string of the molecule is COc1cc([C@@H]2C3=C(C[C@@H](c4ccccc4)CC3=O)N=C(C)C2C#N)cc(Br)c1O. The van der Waals surface area contributed by atoms with Crippen LogP contribution in [0.2, 0.25) is 0 Å². The fourth-order valence-electron chi connectivity index (χ4n) is 4.48.